The van der Waals surface area contributed by atoms with Gasteiger partial charge in [0.15, 0.2) is 0 Å². The normalized spacial score (nSPS) is 14.3. The number of esters is 1. The largest absolute Gasteiger partial charge is 0.465 e. The van der Waals surface area contributed by atoms with Crippen molar-refractivity contribution in [2.24, 2.45) is 5.41 Å². The molecule has 1 aliphatic rings. The molecule has 1 fully saturated rings. The summed E-state index contributed by atoms with van der Waals surface area (Å²) in [5.74, 6) is -0.131. The topological polar surface area (TPSA) is 60.5 Å². The number of hydrogen-bond donors (Lipinski definition) is 0. The van der Waals surface area contributed by atoms with E-state index in [0.717, 1.165) is 71.2 Å². The second-order valence-corrected chi connectivity index (χ2v) is 22.0. The van der Waals surface area contributed by atoms with E-state index in [4.69, 9.17) is 18.9 Å². The first-order valence-corrected chi connectivity index (χ1v) is 31.7. The van der Waals surface area contributed by atoms with Crippen LogP contribution in [0.1, 0.15) is 258 Å². The number of nitrogens with zero attached hydrogens (tertiary/aromatic N) is 2. The number of ether oxygens (including phenoxy) is 4. The summed E-state index contributed by atoms with van der Waals surface area (Å²) in [5.41, 5.74) is -0.529. The van der Waals surface area contributed by atoms with E-state index in [-0.39, 0.29) is 12.6 Å². The summed E-state index contributed by atoms with van der Waals surface area (Å²) >= 11 is 0. The van der Waals surface area contributed by atoms with E-state index < -0.39 is 5.41 Å². The monoisotopic (exact) mass is 1030 g/mol. The number of hydrogen-bond acceptors (Lipinski definition) is 7. The Morgan fingerprint density at radius 3 is 1.00 bits per heavy atom. The maximum absolute atomic E-state index is 13.3. The summed E-state index contributed by atoms with van der Waals surface area (Å²) < 4.78 is 25.6. The molecule has 0 amide bonds. The van der Waals surface area contributed by atoms with Gasteiger partial charge in [-0.25, -0.2) is 0 Å². The zero-order valence-electron chi connectivity index (χ0n) is 49.5. The number of carbonyl (C=O) groups is 1. The number of likely N-dealkylation sites (N-methyl/N-ethyl adjacent to an activating group) is 1. The first kappa shape index (κ1) is 69.7. The van der Waals surface area contributed by atoms with Crippen LogP contribution in [0.5, 0.6) is 0 Å². The van der Waals surface area contributed by atoms with Crippen LogP contribution in [0, 0.1) is 5.41 Å². The first-order valence-electron chi connectivity index (χ1n) is 31.7. The quantitative estimate of drug-likeness (QED) is 0.0342. The fourth-order valence-corrected chi connectivity index (χ4v) is 9.32. The Kier molecular flexibility index (Phi) is 53.6. The molecule has 430 valence electrons. The van der Waals surface area contributed by atoms with Gasteiger partial charge in [-0.3, -0.25) is 4.79 Å². The van der Waals surface area contributed by atoms with Crippen molar-refractivity contribution in [2.45, 2.75) is 258 Å². The Balaban J connectivity index is 2.65. The van der Waals surface area contributed by atoms with Gasteiger partial charge in [0, 0.05) is 52.5 Å². The van der Waals surface area contributed by atoms with Gasteiger partial charge < -0.3 is 28.7 Å². The average molecular weight is 1040 g/mol. The fraction of sp³-hybridized carbons (Fsp3) is 0.806. The molecule has 0 aromatic rings. The van der Waals surface area contributed by atoms with Crippen LogP contribution >= 0.6 is 0 Å². The van der Waals surface area contributed by atoms with Crippen LogP contribution in [0.4, 0.5) is 0 Å². The number of allylic oxidation sites excluding steroid dienone is 12. The molecule has 0 bridgehead atoms. The van der Waals surface area contributed by atoms with Crippen LogP contribution in [0.2, 0.25) is 0 Å². The molecule has 0 N–H and O–H groups in total. The number of piperazine rings is 1. The van der Waals surface area contributed by atoms with E-state index in [1.807, 2.05) is 0 Å². The van der Waals surface area contributed by atoms with E-state index >= 15 is 0 Å². The predicted molar refractivity (Wildman–Crippen MR) is 322 cm³/mol. The van der Waals surface area contributed by atoms with Gasteiger partial charge in [0.05, 0.1) is 31.7 Å². The third-order valence-electron chi connectivity index (χ3n) is 14.5. The molecule has 0 aromatic heterocycles. The Morgan fingerprint density at radius 2 is 0.676 bits per heavy atom. The smallest absolute Gasteiger partial charge is 0.307 e. The molecule has 0 saturated carbocycles. The lowest BCUT2D eigenvalue weighted by Gasteiger charge is -2.33. The van der Waals surface area contributed by atoms with Crippen molar-refractivity contribution in [1.82, 2.24) is 9.80 Å². The summed E-state index contributed by atoms with van der Waals surface area (Å²) in [6.07, 6.45) is 72.7. The molecular formula is C67H122N2O5. The highest BCUT2D eigenvalue weighted by molar-refractivity contribution is 5.69. The Morgan fingerprint density at radius 1 is 0.378 bits per heavy atom. The predicted octanol–water partition coefficient (Wildman–Crippen LogP) is 18.6. The number of carbonyl (C=O) groups excluding carboxylic acids is 1. The Bertz CT molecular complexity index is 1220. The third-order valence-corrected chi connectivity index (χ3v) is 14.5. The molecule has 1 heterocycles. The molecular weight excluding hydrogens is 913 g/mol. The summed E-state index contributed by atoms with van der Waals surface area (Å²) in [4.78, 5) is 18.1. The van der Waals surface area contributed by atoms with E-state index in [1.165, 1.54) is 193 Å². The molecule has 7 heteroatoms. The van der Waals surface area contributed by atoms with E-state index in [9.17, 15) is 4.79 Å². The molecule has 0 aromatic carbocycles. The molecule has 1 aliphatic heterocycles. The second-order valence-electron chi connectivity index (χ2n) is 22.0. The van der Waals surface area contributed by atoms with Gasteiger partial charge in [0.1, 0.15) is 6.61 Å². The number of unbranched alkanes of at least 4 members (excludes halogenated alkanes) is 27. The summed E-state index contributed by atoms with van der Waals surface area (Å²) in [6.45, 7) is 15.5. The van der Waals surface area contributed by atoms with Crippen molar-refractivity contribution in [3.05, 3.63) is 72.9 Å². The van der Waals surface area contributed by atoms with Crippen LogP contribution in [0.25, 0.3) is 0 Å². The van der Waals surface area contributed by atoms with E-state index in [0.29, 0.717) is 46.1 Å². The first-order chi connectivity index (χ1) is 36.5. The molecule has 0 atom stereocenters. The average Bonchev–Trinajstić information content (AvgIpc) is 3.41. The van der Waals surface area contributed by atoms with Gasteiger partial charge in [-0.2, -0.15) is 0 Å². The van der Waals surface area contributed by atoms with E-state index in [2.05, 4.69) is 111 Å². The molecule has 0 spiro atoms. The minimum Gasteiger partial charge on any atom is -0.465 e. The minimum atomic E-state index is -0.529. The Hall–Kier alpha value is -2.29. The Labute approximate surface area is 460 Å². The molecule has 0 unspecified atom stereocenters. The maximum atomic E-state index is 13.3. The summed E-state index contributed by atoms with van der Waals surface area (Å²) in [5, 5.41) is 0. The molecule has 0 radical (unpaired) electrons. The van der Waals surface area contributed by atoms with Gasteiger partial charge in [0.25, 0.3) is 0 Å². The van der Waals surface area contributed by atoms with Crippen molar-refractivity contribution < 1.29 is 23.7 Å². The lowest BCUT2D eigenvalue weighted by atomic mass is 9.92. The molecule has 74 heavy (non-hydrogen) atoms. The highest BCUT2D eigenvalue weighted by atomic mass is 16.5. The van der Waals surface area contributed by atoms with Crippen LogP contribution < -0.4 is 0 Å². The van der Waals surface area contributed by atoms with Crippen LogP contribution in [0.15, 0.2) is 72.9 Å². The van der Waals surface area contributed by atoms with Crippen molar-refractivity contribution >= 4 is 5.97 Å². The maximum Gasteiger partial charge on any atom is 0.307 e. The standard InChI is InChI=1S/C67H122N2O5/c1-5-8-11-14-17-20-23-26-29-32-35-38-41-44-47-50-59-71-62-67(65-74-66(70)53-54-69-57-55-68(4)56-58-69,63-72-60-51-48-45-42-39-36-33-30-27-24-21-18-15-12-9-6-2)64-73-61-52-49-46-43-40-37-34-31-28-25-22-19-16-13-10-7-3/h17-22,26-31H,5-16,23-25,32-65H2,1-4H3/b20-17-,21-18-,22-19-,29-26-,30-27-,31-28-. The lowest BCUT2D eigenvalue weighted by molar-refractivity contribution is -0.156. The molecule has 0 aliphatic carbocycles. The lowest BCUT2D eigenvalue weighted by Crippen LogP contribution is -2.45. The summed E-state index contributed by atoms with van der Waals surface area (Å²) in [6, 6.07) is 0. The summed E-state index contributed by atoms with van der Waals surface area (Å²) in [7, 11) is 2.17. The van der Waals surface area contributed by atoms with Crippen LogP contribution in [-0.2, 0) is 23.7 Å². The highest BCUT2D eigenvalue weighted by Crippen LogP contribution is 2.23. The van der Waals surface area contributed by atoms with Crippen molar-refractivity contribution in [2.75, 3.05) is 86.0 Å². The third kappa shape index (κ3) is 49.3. The SMILES string of the molecule is CCCCC/C=C\C/C=C\CCCCCCCCOCC(COCCCCCCCC/C=C\C/C=C\CCCCC)(COCCCCCCCC/C=C\C/C=C\CCCCC)COC(=O)CCN1CCN(C)CC1. The van der Waals surface area contributed by atoms with Crippen molar-refractivity contribution in [3.8, 4) is 0 Å². The van der Waals surface area contributed by atoms with Gasteiger partial charge in [-0.15, -0.1) is 0 Å². The van der Waals surface area contributed by atoms with E-state index in [1.54, 1.807) is 0 Å². The van der Waals surface area contributed by atoms with Gasteiger partial charge >= 0.3 is 5.97 Å². The van der Waals surface area contributed by atoms with Crippen molar-refractivity contribution in [3.63, 3.8) is 0 Å². The molecule has 1 saturated heterocycles. The minimum absolute atomic E-state index is 0.131. The van der Waals surface area contributed by atoms with Crippen LogP contribution in [0.3, 0.4) is 0 Å². The van der Waals surface area contributed by atoms with Gasteiger partial charge in [0.2, 0.25) is 0 Å². The fourth-order valence-electron chi connectivity index (χ4n) is 9.32. The number of rotatable bonds is 56. The zero-order valence-corrected chi connectivity index (χ0v) is 49.5. The van der Waals surface area contributed by atoms with Crippen LogP contribution in [-0.4, -0.2) is 102 Å². The second kappa shape index (κ2) is 56.9. The molecule has 7 nitrogen and oxygen atoms in total. The van der Waals surface area contributed by atoms with Crippen molar-refractivity contribution in [1.29, 1.82) is 0 Å². The van der Waals surface area contributed by atoms with Gasteiger partial charge in [-0.05, 0) is 123 Å². The highest BCUT2D eigenvalue weighted by Gasteiger charge is 2.34. The van der Waals surface area contributed by atoms with Gasteiger partial charge in [-0.1, -0.05) is 209 Å². The molecule has 1 rings (SSSR count). The zero-order chi connectivity index (χ0) is 53.2.